The quantitative estimate of drug-likeness (QED) is 0.187. The summed E-state index contributed by atoms with van der Waals surface area (Å²) in [6, 6.07) is 29.0. The Hall–Kier alpha value is -4.83. The first-order chi connectivity index (χ1) is 22.2. The molecule has 2 amide bonds. The average Bonchev–Trinajstić information content (AvgIpc) is 3.08. The second-order valence-electron chi connectivity index (χ2n) is 10.9. The summed E-state index contributed by atoms with van der Waals surface area (Å²) in [7, 11) is -1.40. The van der Waals surface area contributed by atoms with Crippen molar-refractivity contribution < 1.29 is 27.5 Å². The first-order valence-corrected chi connectivity index (χ1v) is 16.6. The van der Waals surface area contributed by atoms with Crippen LogP contribution in [-0.2, 0) is 32.6 Å². The van der Waals surface area contributed by atoms with E-state index in [2.05, 4.69) is 5.32 Å². The number of anilines is 1. The van der Waals surface area contributed by atoms with Crippen molar-refractivity contribution in [2.75, 3.05) is 31.6 Å². The molecule has 10 heteroatoms. The summed E-state index contributed by atoms with van der Waals surface area (Å²) in [6.45, 7) is 3.74. The van der Waals surface area contributed by atoms with Gasteiger partial charge in [-0.15, -0.1) is 0 Å². The summed E-state index contributed by atoms with van der Waals surface area (Å²) < 4.78 is 40.7. The number of carbonyl (C=O) groups excluding carboxylic acids is 2. The van der Waals surface area contributed by atoms with Gasteiger partial charge in [-0.3, -0.25) is 13.9 Å². The molecule has 1 atom stereocenters. The third-order valence-corrected chi connectivity index (χ3v) is 9.33. The normalized spacial score (nSPS) is 11.7. The molecule has 0 radical (unpaired) electrons. The highest BCUT2D eigenvalue weighted by molar-refractivity contribution is 7.92. The predicted molar refractivity (Wildman–Crippen MR) is 179 cm³/mol. The van der Waals surface area contributed by atoms with Crippen molar-refractivity contribution in [3.8, 4) is 11.5 Å². The second kappa shape index (κ2) is 15.9. The summed E-state index contributed by atoms with van der Waals surface area (Å²) in [5.74, 6) is -0.256. The van der Waals surface area contributed by atoms with Crippen molar-refractivity contribution in [3.63, 3.8) is 0 Å². The smallest absolute Gasteiger partial charge is 0.264 e. The highest BCUT2D eigenvalue weighted by Gasteiger charge is 2.35. The molecule has 0 unspecified atom stereocenters. The van der Waals surface area contributed by atoms with E-state index in [0.29, 0.717) is 18.7 Å². The Bertz CT molecular complexity index is 1700. The topological polar surface area (TPSA) is 105 Å². The lowest BCUT2D eigenvalue weighted by molar-refractivity contribution is -0.140. The Labute approximate surface area is 271 Å². The SMILES string of the molecule is CCCNC(=O)[C@@H](Cc1ccccc1)N(Cc1ccccc1)C(=O)CN(c1cc(OC)ccc1OC)S(=O)(=O)c1ccc(C)cc1. The highest BCUT2D eigenvalue weighted by atomic mass is 32.2. The van der Waals surface area contributed by atoms with Gasteiger partial charge in [0, 0.05) is 25.6 Å². The molecule has 9 nitrogen and oxygen atoms in total. The number of nitrogens with one attached hydrogen (secondary N) is 1. The van der Waals surface area contributed by atoms with Crippen LogP contribution in [0, 0.1) is 6.92 Å². The second-order valence-corrected chi connectivity index (χ2v) is 12.7. The zero-order valence-electron chi connectivity index (χ0n) is 26.7. The molecule has 0 aliphatic carbocycles. The van der Waals surface area contributed by atoms with Crippen molar-refractivity contribution in [1.29, 1.82) is 0 Å². The molecule has 242 valence electrons. The lowest BCUT2D eigenvalue weighted by Crippen LogP contribution is -2.53. The van der Waals surface area contributed by atoms with Gasteiger partial charge in [-0.1, -0.05) is 85.3 Å². The van der Waals surface area contributed by atoms with E-state index in [4.69, 9.17) is 9.47 Å². The molecule has 0 aliphatic rings. The molecular weight excluding hydrogens is 602 g/mol. The minimum absolute atomic E-state index is 0.00640. The molecule has 1 N–H and O–H groups in total. The van der Waals surface area contributed by atoms with Gasteiger partial charge in [0.25, 0.3) is 10.0 Å². The van der Waals surface area contributed by atoms with E-state index in [1.165, 1.54) is 37.3 Å². The van der Waals surface area contributed by atoms with Crippen LogP contribution in [0.2, 0.25) is 0 Å². The van der Waals surface area contributed by atoms with E-state index in [-0.39, 0.29) is 35.2 Å². The van der Waals surface area contributed by atoms with Crippen LogP contribution in [0.4, 0.5) is 5.69 Å². The number of hydrogen-bond donors (Lipinski definition) is 1. The van der Waals surface area contributed by atoms with Crippen LogP contribution in [0.3, 0.4) is 0 Å². The van der Waals surface area contributed by atoms with Crippen LogP contribution in [0.5, 0.6) is 11.5 Å². The molecule has 0 saturated carbocycles. The number of ether oxygens (including phenoxy) is 2. The molecule has 4 aromatic rings. The lowest BCUT2D eigenvalue weighted by atomic mass is 10.0. The molecular formula is C36H41N3O6S. The third-order valence-electron chi connectivity index (χ3n) is 7.56. The molecule has 0 spiro atoms. The number of carbonyl (C=O) groups is 2. The minimum atomic E-state index is -4.30. The number of nitrogens with zero attached hydrogens (tertiary/aromatic N) is 2. The maximum atomic E-state index is 14.6. The molecule has 0 aromatic heterocycles. The number of methoxy groups -OCH3 is 2. The summed E-state index contributed by atoms with van der Waals surface area (Å²) in [5, 5.41) is 2.95. The maximum absolute atomic E-state index is 14.6. The third kappa shape index (κ3) is 8.45. The van der Waals surface area contributed by atoms with E-state index in [0.717, 1.165) is 21.0 Å². The zero-order chi connectivity index (χ0) is 33.1. The molecule has 4 aromatic carbocycles. The number of amides is 2. The van der Waals surface area contributed by atoms with Crippen molar-refractivity contribution in [2.45, 2.75) is 44.2 Å². The standard InChI is InChI=1S/C36H41N3O6S/c1-5-22-37-36(41)33(23-28-12-8-6-9-13-28)38(25-29-14-10-7-11-15-29)35(40)26-39(32-24-30(44-3)18-21-34(32)45-4)46(42,43)31-19-16-27(2)17-20-31/h6-21,24,33H,5,22-23,25-26H2,1-4H3,(H,37,41)/t33-/m1/s1. The van der Waals surface area contributed by atoms with Gasteiger partial charge in [-0.05, 0) is 48.7 Å². The van der Waals surface area contributed by atoms with Crippen molar-refractivity contribution in [1.82, 2.24) is 10.2 Å². The minimum Gasteiger partial charge on any atom is -0.497 e. The number of benzene rings is 4. The summed E-state index contributed by atoms with van der Waals surface area (Å²) >= 11 is 0. The first kappa shape index (κ1) is 34.1. The molecule has 4 rings (SSSR count). The molecule has 0 fully saturated rings. The van der Waals surface area contributed by atoms with E-state index < -0.39 is 28.5 Å². The van der Waals surface area contributed by atoms with Crippen LogP contribution in [-0.4, -0.2) is 58.5 Å². The summed E-state index contributed by atoms with van der Waals surface area (Å²) in [4.78, 5) is 29.8. The van der Waals surface area contributed by atoms with Crippen molar-refractivity contribution >= 4 is 27.5 Å². The number of rotatable bonds is 15. The van der Waals surface area contributed by atoms with Crippen molar-refractivity contribution in [2.24, 2.45) is 0 Å². The number of aryl methyl sites for hydroxylation is 1. The zero-order valence-corrected chi connectivity index (χ0v) is 27.5. The van der Waals surface area contributed by atoms with Crippen LogP contribution >= 0.6 is 0 Å². The monoisotopic (exact) mass is 643 g/mol. The van der Waals surface area contributed by atoms with Crippen molar-refractivity contribution in [3.05, 3.63) is 120 Å². The van der Waals surface area contributed by atoms with Gasteiger partial charge in [0.15, 0.2) is 0 Å². The highest BCUT2D eigenvalue weighted by Crippen LogP contribution is 2.36. The van der Waals surface area contributed by atoms with Gasteiger partial charge in [-0.25, -0.2) is 8.42 Å². The van der Waals surface area contributed by atoms with Crippen LogP contribution in [0.1, 0.15) is 30.0 Å². The fourth-order valence-corrected chi connectivity index (χ4v) is 6.46. The van der Waals surface area contributed by atoms with E-state index in [1.54, 1.807) is 24.3 Å². The van der Waals surface area contributed by atoms with E-state index >= 15 is 0 Å². The Kier molecular flexibility index (Phi) is 11.8. The Morgan fingerprint density at radius 3 is 2.04 bits per heavy atom. The maximum Gasteiger partial charge on any atom is 0.264 e. The number of sulfonamides is 1. The summed E-state index contributed by atoms with van der Waals surface area (Å²) in [6.07, 6.45) is 0.955. The molecule has 0 bridgehead atoms. The largest absolute Gasteiger partial charge is 0.497 e. The van der Waals surface area contributed by atoms with E-state index in [9.17, 15) is 18.0 Å². The molecule has 0 aliphatic heterocycles. The van der Waals surface area contributed by atoms with Gasteiger partial charge in [0.1, 0.15) is 24.1 Å². The Balaban J connectivity index is 1.84. The van der Waals surface area contributed by atoms with Gasteiger partial charge in [0.2, 0.25) is 11.8 Å². The lowest BCUT2D eigenvalue weighted by Gasteiger charge is -2.34. The van der Waals surface area contributed by atoms with E-state index in [1.807, 2.05) is 74.5 Å². The molecule has 0 saturated heterocycles. The predicted octanol–water partition coefficient (Wildman–Crippen LogP) is 5.37. The Morgan fingerprint density at radius 1 is 0.826 bits per heavy atom. The summed E-state index contributed by atoms with van der Waals surface area (Å²) in [5.41, 5.74) is 2.68. The fourth-order valence-electron chi connectivity index (χ4n) is 5.04. The average molecular weight is 644 g/mol. The fraction of sp³-hybridized carbons (Fsp3) is 0.278. The van der Waals surface area contributed by atoms with Gasteiger partial charge >= 0.3 is 0 Å². The van der Waals surface area contributed by atoms with Crippen LogP contribution in [0.25, 0.3) is 0 Å². The molecule has 46 heavy (non-hydrogen) atoms. The van der Waals surface area contributed by atoms with Crippen LogP contribution < -0.4 is 19.1 Å². The number of hydrogen-bond acceptors (Lipinski definition) is 6. The van der Waals surface area contributed by atoms with Gasteiger partial charge < -0.3 is 19.7 Å². The van der Waals surface area contributed by atoms with Crippen LogP contribution in [0.15, 0.2) is 108 Å². The first-order valence-electron chi connectivity index (χ1n) is 15.1. The molecule has 0 heterocycles. The van der Waals surface area contributed by atoms with Gasteiger partial charge in [0.05, 0.1) is 24.8 Å². The van der Waals surface area contributed by atoms with Gasteiger partial charge in [-0.2, -0.15) is 0 Å². The Morgan fingerprint density at radius 2 is 1.46 bits per heavy atom.